The third-order valence-electron chi connectivity index (χ3n) is 1.60. The van der Waals surface area contributed by atoms with Crippen molar-refractivity contribution in [3.05, 3.63) is 35.9 Å². The Labute approximate surface area is 90.6 Å². The molecular weight excluding hydrogens is 254 g/mol. The summed E-state index contributed by atoms with van der Waals surface area (Å²) in [5, 5.41) is 0. The molecule has 0 aromatic heterocycles. The molecule has 1 aromatic rings. The van der Waals surface area contributed by atoms with E-state index in [-0.39, 0.29) is 30.7 Å². The molecule has 0 radical (unpaired) electrons. The van der Waals surface area contributed by atoms with Crippen molar-refractivity contribution in [1.82, 2.24) is 0 Å². The van der Waals surface area contributed by atoms with Crippen LogP contribution in [0, 0.1) is 0 Å². The van der Waals surface area contributed by atoms with Gasteiger partial charge >= 0.3 is 78.1 Å². The van der Waals surface area contributed by atoms with Crippen LogP contribution >= 0.6 is 12.4 Å². The van der Waals surface area contributed by atoms with Gasteiger partial charge in [0.1, 0.15) is 0 Å². The monoisotopic (exact) mass is 259 g/mol. The average Bonchev–Trinajstić information content (AvgIpc) is 2.03. The summed E-state index contributed by atoms with van der Waals surface area (Å²) in [6.45, 7) is 0. The molecule has 5 heteroatoms. The van der Waals surface area contributed by atoms with Crippen LogP contribution in [0.5, 0.6) is 0 Å². The minimum atomic E-state index is -4.08. The Kier molecular flexibility index (Phi) is 4.94. The third kappa shape index (κ3) is 3.65. The summed E-state index contributed by atoms with van der Waals surface area (Å²) >= 11 is 0.216. The molecule has 0 aliphatic rings. The summed E-state index contributed by atoms with van der Waals surface area (Å²) in [6, 6.07) is 8.00. The Bertz CT molecular complexity index is 247. The first-order valence-electron chi connectivity index (χ1n) is 3.46. The van der Waals surface area contributed by atoms with Crippen LogP contribution in [0.15, 0.2) is 30.3 Å². The second-order valence-electron chi connectivity index (χ2n) is 2.50. The van der Waals surface area contributed by atoms with E-state index in [0.29, 0.717) is 5.56 Å². The van der Waals surface area contributed by atoms with Gasteiger partial charge in [0.2, 0.25) is 0 Å². The average molecular weight is 261 g/mol. The molecule has 69 valence electrons. The molecule has 0 spiro atoms. The van der Waals surface area contributed by atoms with Gasteiger partial charge in [0.05, 0.1) is 0 Å². The maximum atomic E-state index is 12.2. The van der Waals surface area contributed by atoms with Crippen molar-refractivity contribution in [3.63, 3.8) is 0 Å². The van der Waals surface area contributed by atoms with Gasteiger partial charge in [-0.15, -0.1) is 12.4 Å². The van der Waals surface area contributed by atoms with Crippen molar-refractivity contribution < 1.29 is 31.5 Å². The Morgan fingerprint density at radius 3 is 1.92 bits per heavy atom. The fourth-order valence-electron chi connectivity index (χ4n) is 0.874. The molecule has 13 heavy (non-hydrogen) atoms. The molecule has 0 N–H and O–H groups in total. The van der Waals surface area contributed by atoms with E-state index in [0.717, 1.165) is 0 Å². The van der Waals surface area contributed by atoms with E-state index < -0.39 is 10.7 Å². The predicted molar refractivity (Wildman–Crippen MR) is 42.5 cm³/mol. The van der Waals surface area contributed by atoms with Crippen LogP contribution in [0.2, 0.25) is 0 Å². The van der Waals surface area contributed by atoms with E-state index in [1.165, 1.54) is 12.1 Å². The van der Waals surface area contributed by atoms with Crippen molar-refractivity contribution in [3.8, 4) is 0 Å². The van der Waals surface area contributed by atoms with Crippen LogP contribution in [0.3, 0.4) is 0 Å². The van der Waals surface area contributed by atoms with Gasteiger partial charge in [-0.1, -0.05) is 0 Å². The third-order valence-corrected chi connectivity index (χ3v) is 3.56. The van der Waals surface area contributed by atoms with Gasteiger partial charge in [-0.2, -0.15) is 0 Å². The van der Waals surface area contributed by atoms with Crippen molar-refractivity contribution in [1.29, 1.82) is 0 Å². The number of benzene rings is 1. The number of halogens is 4. The number of hydrogen-bond acceptors (Lipinski definition) is 0. The molecule has 1 unspecified atom stereocenters. The summed E-state index contributed by atoms with van der Waals surface area (Å²) in [4.78, 5) is 0. The maximum absolute atomic E-state index is 12.2. The molecule has 0 nitrogen and oxygen atoms in total. The van der Waals surface area contributed by atoms with Crippen LogP contribution in [0.4, 0.5) is 13.2 Å². The Hall–Kier alpha value is -0.0766. The summed E-state index contributed by atoms with van der Waals surface area (Å²) in [7, 11) is 0. The molecule has 1 aromatic carbocycles. The zero-order chi connectivity index (χ0) is 9.19. The van der Waals surface area contributed by atoms with Gasteiger partial charge in [0.25, 0.3) is 0 Å². The molecule has 0 saturated heterocycles. The van der Waals surface area contributed by atoms with Crippen LogP contribution in [0.1, 0.15) is 10.1 Å². The second kappa shape index (κ2) is 4.97. The summed E-state index contributed by atoms with van der Waals surface area (Å²) in [6.07, 6.45) is -4.08. The number of hydrogen-bond donors (Lipinski definition) is 0. The molecule has 0 aliphatic carbocycles. The van der Waals surface area contributed by atoms with E-state index in [9.17, 15) is 13.2 Å². The van der Waals surface area contributed by atoms with Crippen molar-refractivity contribution in [2.75, 3.05) is 0 Å². The standard InChI is InChI=1S/C8H6F3.ClH.Zn/c9-8(10,11)6-7-4-2-1-3-5-7;;/h1-6H;1H;. The van der Waals surface area contributed by atoms with Crippen molar-refractivity contribution >= 4 is 12.4 Å². The van der Waals surface area contributed by atoms with Gasteiger partial charge in [-0.25, -0.2) is 0 Å². The molecule has 0 bridgehead atoms. The number of alkyl halides is 3. The molecule has 0 aliphatic heterocycles. The molecule has 0 heterocycles. The molecule has 0 amide bonds. The van der Waals surface area contributed by atoms with Crippen LogP contribution in [0.25, 0.3) is 0 Å². The van der Waals surface area contributed by atoms with Crippen molar-refractivity contribution in [2.24, 2.45) is 0 Å². The normalized spacial score (nSPS) is 13.3. The van der Waals surface area contributed by atoms with E-state index in [1.807, 2.05) is 0 Å². The zero-order valence-electron chi connectivity index (χ0n) is 6.71. The first-order valence-corrected chi connectivity index (χ1v) is 5.18. The molecular formula is C8H7ClF3Zn. The first kappa shape index (κ1) is 12.9. The topological polar surface area (TPSA) is 0 Å². The van der Waals surface area contributed by atoms with Gasteiger partial charge in [-0.3, -0.25) is 0 Å². The Balaban J connectivity index is 0.00000144. The minimum absolute atomic E-state index is 0. The van der Waals surface area contributed by atoms with Crippen molar-refractivity contribution in [2.45, 2.75) is 10.7 Å². The van der Waals surface area contributed by atoms with Crippen LogP contribution in [-0.2, 0) is 18.3 Å². The van der Waals surface area contributed by atoms with Gasteiger partial charge in [-0.05, 0) is 0 Å². The predicted octanol–water partition coefficient (Wildman–Crippen LogP) is 3.26. The Morgan fingerprint density at radius 1 is 1.08 bits per heavy atom. The fourth-order valence-corrected chi connectivity index (χ4v) is 1.45. The van der Waals surface area contributed by atoms with Gasteiger partial charge in [0, 0.05) is 0 Å². The summed E-state index contributed by atoms with van der Waals surface area (Å²) in [5.74, 6) is 0. The summed E-state index contributed by atoms with van der Waals surface area (Å²) in [5.41, 5.74) is 0.366. The van der Waals surface area contributed by atoms with Gasteiger partial charge in [0.15, 0.2) is 0 Å². The number of rotatable bonds is 1. The van der Waals surface area contributed by atoms with E-state index in [2.05, 4.69) is 0 Å². The SMILES string of the molecule is Cl.FC(F)(F)[CH]([Zn])c1ccccc1. The molecule has 0 saturated carbocycles. The zero-order valence-corrected chi connectivity index (χ0v) is 10.5. The summed E-state index contributed by atoms with van der Waals surface area (Å²) < 4.78 is 35.2. The second-order valence-corrected chi connectivity index (χ2v) is 4.22. The molecule has 1 rings (SSSR count). The quantitative estimate of drug-likeness (QED) is 0.680. The molecule has 0 fully saturated rings. The fraction of sp³-hybridized carbons (Fsp3) is 0.250. The van der Waals surface area contributed by atoms with E-state index in [1.54, 1.807) is 18.2 Å². The van der Waals surface area contributed by atoms with Crippen LogP contribution in [-0.4, -0.2) is 6.18 Å². The molecule has 1 atom stereocenters. The Morgan fingerprint density at radius 2 is 1.54 bits per heavy atom. The van der Waals surface area contributed by atoms with Gasteiger partial charge < -0.3 is 0 Å². The first-order chi connectivity index (χ1) is 5.52. The van der Waals surface area contributed by atoms with E-state index >= 15 is 0 Å². The van der Waals surface area contributed by atoms with Crippen LogP contribution < -0.4 is 0 Å². The van der Waals surface area contributed by atoms with E-state index in [4.69, 9.17) is 0 Å².